The third-order valence-corrected chi connectivity index (χ3v) is 6.80. The lowest BCUT2D eigenvalue weighted by Gasteiger charge is -2.31. The van der Waals surface area contributed by atoms with Crippen LogP contribution in [0.2, 0.25) is 10.0 Å². The second-order valence-corrected chi connectivity index (χ2v) is 9.19. The van der Waals surface area contributed by atoms with Crippen molar-refractivity contribution in [2.24, 2.45) is 5.92 Å². The van der Waals surface area contributed by atoms with E-state index in [-0.39, 0.29) is 11.8 Å². The van der Waals surface area contributed by atoms with E-state index in [2.05, 4.69) is 39.8 Å². The van der Waals surface area contributed by atoms with Gasteiger partial charge in [0.05, 0.1) is 10.0 Å². The number of amides is 1. The molecule has 4 rings (SSSR count). The highest BCUT2D eigenvalue weighted by Crippen LogP contribution is 2.27. The Morgan fingerprint density at radius 2 is 1.71 bits per heavy atom. The first-order valence-corrected chi connectivity index (χ1v) is 11.8. The smallest absolute Gasteiger partial charge is 0.227 e. The van der Waals surface area contributed by atoms with E-state index >= 15 is 0 Å². The van der Waals surface area contributed by atoms with Gasteiger partial charge >= 0.3 is 0 Å². The number of nitrogens with zero attached hydrogens (tertiary/aromatic N) is 1. The average Bonchev–Trinajstić information content (AvgIpc) is 2.79. The van der Waals surface area contributed by atoms with E-state index in [1.165, 1.54) is 5.56 Å². The standard InChI is InChI=1S/C24H29Cl2N3O2/c25-22-6-3-19(15-23(22)26)28-24(30)18-9-13-29(14-10-18)16-17-1-4-20(5-2-17)31-21-7-11-27-12-8-21/h1-6,15,18,21,27H,7-14,16H2,(H,28,30). The Labute approximate surface area is 194 Å². The van der Waals surface area contributed by atoms with Crippen molar-refractivity contribution >= 4 is 34.8 Å². The van der Waals surface area contributed by atoms with Gasteiger partial charge in [-0.25, -0.2) is 0 Å². The highest BCUT2D eigenvalue weighted by Gasteiger charge is 2.25. The van der Waals surface area contributed by atoms with Crippen LogP contribution in [0.3, 0.4) is 0 Å². The molecule has 0 aromatic heterocycles. The van der Waals surface area contributed by atoms with Gasteiger partial charge in [0.2, 0.25) is 5.91 Å². The minimum atomic E-state index is 0.0199. The van der Waals surface area contributed by atoms with E-state index in [1.807, 2.05) is 0 Å². The van der Waals surface area contributed by atoms with Crippen molar-refractivity contribution < 1.29 is 9.53 Å². The molecule has 0 bridgehead atoms. The number of carbonyl (C=O) groups is 1. The van der Waals surface area contributed by atoms with E-state index < -0.39 is 0 Å². The lowest BCUT2D eigenvalue weighted by molar-refractivity contribution is -0.121. The zero-order valence-corrected chi connectivity index (χ0v) is 19.1. The maximum Gasteiger partial charge on any atom is 0.227 e. The number of piperidine rings is 2. The molecule has 31 heavy (non-hydrogen) atoms. The Morgan fingerprint density at radius 3 is 2.39 bits per heavy atom. The summed E-state index contributed by atoms with van der Waals surface area (Å²) >= 11 is 12.0. The summed E-state index contributed by atoms with van der Waals surface area (Å²) in [7, 11) is 0. The van der Waals surface area contributed by atoms with Crippen LogP contribution in [0.25, 0.3) is 0 Å². The number of halogens is 2. The number of anilines is 1. The van der Waals surface area contributed by atoms with Gasteiger partial charge in [0.25, 0.3) is 0 Å². The zero-order chi connectivity index (χ0) is 21.6. The topological polar surface area (TPSA) is 53.6 Å². The van der Waals surface area contributed by atoms with Crippen molar-refractivity contribution in [2.75, 3.05) is 31.5 Å². The zero-order valence-electron chi connectivity index (χ0n) is 17.6. The number of rotatable bonds is 6. The summed E-state index contributed by atoms with van der Waals surface area (Å²) in [5.41, 5.74) is 1.96. The second-order valence-electron chi connectivity index (χ2n) is 8.38. The largest absolute Gasteiger partial charge is 0.490 e. The molecule has 166 valence electrons. The Kier molecular flexibility index (Phi) is 7.72. The second kappa shape index (κ2) is 10.7. The number of ether oxygens (including phenoxy) is 1. The fourth-order valence-electron chi connectivity index (χ4n) is 4.21. The fourth-order valence-corrected chi connectivity index (χ4v) is 4.51. The van der Waals surface area contributed by atoms with Gasteiger partial charge < -0.3 is 15.4 Å². The lowest BCUT2D eigenvalue weighted by Crippen LogP contribution is -2.37. The maximum absolute atomic E-state index is 12.6. The van der Waals surface area contributed by atoms with Gasteiger partial charge in [0, 0.05) is 18.2 Å². The van der Waals surface area contributed by atoms with Crippen LogP contribution in [0.15, 0.2) is 42.5 Å². The number of hydrogen-bond donors (Lipinski definition) is 2. The number of hydrogen-bond acceptors (Lipinski definition) is 4. The van der Waals surface area contributed by atoms with Crippen LogP contribution in [-0.4, -0.2) is 43.1 Å². The monoisotopic (exact) mass is 461 g/mol. The highest BCUT2D eigenvalue weighted by molar-refractivity contribution is 6.42. The van der Waals surface area contributed by atoms with Crippen LogP contribution in [-0.2, 0) is 11.3 Å². The summed E-state index contributed by atoms with van der Waals surface area (Å²) in [6, 6.07) is 13.6. The summed E-state index contributed by atoms with van der Waals surface area (Å²) in [5, 5.41) is 7.26. The van der Waals surface area contributed by atoms with Crippen molar-refractivity contribution in [1.29, 1.82) is 0 Å². The van der Waals surface area contributed by atoms with E-state index in [0.29, 0.717) is 21.8 Å². The Balaban J connectivity index is 1.22. The summed E-state index contributed by atoms with van der Waals surface area (Å²) in [4.78, 5) is 15.0. The van der Waals surface area contributed by atoms with E-state index in [4.69, 9.17) is 27.9 Å². The van der Waals surface area contributed by atoms with Gasteiger partial charge in [-0.15, -0.1) is 0 Å². The predicted molar refractivity (Wildman–Crippen MR) is 126 cm³/mol. The molecule has 2 N–H and O–H groups in total. The lowest BCUT2D eigenvalue weighted by atomic mass is 9.95. The van der Waals surface area contributed by atoms with Crippen LogP contribution in [0.5, 0.6) is 5.75 Å². The number of benzene rings is 2. The van der Waals surface area contributed by atoms with Gasteiger partial charge in [-0.2, -0.15) is 0 Å². The van der Waals surface area contributed by atoms with Crippen molar-refractivity contribution in [1.82, 2.24) is 10.2 Å². The molecule has 2 aromatic rings. The first-order chi connectivity index (χ1) is 15.1. The molecule has 0 unspecified atom stereocenters. The predicted octanol–water partition coefficient (Wildman–Crippen LogP) is 4.97. The quantitative estimate of drug-likeness (QED) is 0.636. The van der Waals surface area contributed by atoms with Gasteiger partial charge in [0.1, 0.15) is 11.9 Å². The summed E-state index contributed by atoms with van der Waals surface area (Å²) in [5.74, 6) is 1.03. The molecular formula is C24H29Cl2N3O2. The molecule has 0 radical (unpaired) electrons. The molecule has 2 heterocycles. The third-order valence-electron chi connectivity index (χ3n) is 6.06. The molecule has 2 saturated heterocycles. The minimum Gasteiger partial charge on any atom is -0.490 e. The van der Waals surface area contributed by atoms with Crippen LogP contribution in [0.1, 0.15) is 31.2 Å². The van der Waals surface area contributed by atoms with E-state index in [0.717, 1.165) is 64.2 Å². The average molecular weight is 462 g/mol. The van der Waals surface area contributed by atoms with Crippen molar-refractivity contribution in [3.8, 4) is 5.75 Å². The SMILES string of the molecule is O=C(Nc1ccc(Cl)c(Cl)c1)C1CCN(Cc2ccc(OC3CCNCC3)cc2)CC1. The summed E-state index contributed by atoms with van der Waals surface area (Å²) in [6.45, 7) is 4.78. The molecule has 2 aliphatic heterocycles. The molecule has 2 aliphatic rings. The van der Waals surface area contributed by atoms with Crippen LogP contribution < -0.4 is 15.4 Å². The Bertz CT molecular complexity index is 877. The molecular weight excluding hydrogens is 433 g/mol. The maximum atomic E-state index is 12.6. The number of nitrogens with one attached hydrogen (secondary N) is 2. The fraction of sp³-hybridized carbons (Fsp3) is 0.458. The normalized spacial score (nSPS) is 18.6. The van der Waals surface area contributed by atoms with Crippen LogP contribution in [0, 0.1) is 5.92 Å². The van der Waals surface area contributed by atoms with Gasteiger partial charge in [0.15, 0.2) is 0 Å². The Hall–Kier alpha value is -1.79. The van der Waals surface area contributed by atoms with E-state index in [1.54, 1.807) is 18.2 Å². The highest BCUT2D eigenvalue weighted by atomic mass is 35.5. The van der Waals surface area contributed by atoms with Gasteiger partial charge in [-0.05, 0) is 87.8 Å². The minimum absolute atomic E-state index is 0.0199. The van der Waals surface area contributed by atoms with Gasteiger partial charge in [-0.1, -0.05) is 35.3 Å². The first kappa shape index (κ1) is 22.4. The molecule has 5 nitrogen and oxygen atoms in total. The molecule has 1 amide bonds. The molecule has 7 heteroatoms. The number of likely N-dealkylation sites (tertiary alicyclic amines) is 1. The number of carbonyl (C=O) groups excluding carboxylic acids is 1. The van der Waals surface area contributed by atoms with Gasteiger partial charge in [-0.3, -0.25) is 9.69 Å². The van der Waals surface area contributed by atoms with Crippen molar-refractivity contribution in [3.63, 3.8) is 0 Å². The van der Waals surface area contributed by atoms with Crippen molar-refractivity contribution in [3.05, 3.63) is 58.1 Å². The molecule has 2 fully saturated rings. The third kappa shape index (κ3) is 6.36. The first-order valence-electron chi connectivity index (χ1n) is 11.0. The van der Waals surface area contributed by atoms with E-state index in [9.17, 15) is 4.79 Å². The molecule has 2 aromatic carbocycles. The van der Waals surface area contributed by atoms with Crippen molar-refractivity contribution in [2.45, 2.75) is 38.3 Å². The molecule has 0 aliphatic carbocycles. The van der Waals surface area contributed by atoms with Crippen LogP contribution in [0.4, 0.5) is 5.69 Å². The molecule has 0 saturated carbocycles. The molecule has 0 atom stereocenters. The Morgan fingerprint density at radius 1 is 1.00 bits per heavy atom. The molecule has 0 spiro atoms. The summed E-state index contributed by atoms with van der Waals surface area (Å²) in [6.07, 6.45) is 4.15. The van der Waals surface area contributed by atoms with Crippen LogP contribution >= 0.6 is 23.2 Å². The summed E-state index contributed by atoms with van der Waals surface area (Å²) < 4.78 is 6.09.